The zero-order valence-electron chi connectivity index (χ0n) is 12.2. The highest BCUT2D eigenvalue weighted by molar-refractivity contribution is 6.32. The van der Waals surface area contributed by atoms with E-state index in [1.54, 1.807) is 18.3 Å². The summed E-state index contributed by atoms with van der Waals surface area (Å²) in [7, 11) is 1.99. The molecule has 2 rings (SSSR count). The van der Waals surface area contributed by atoms with Gasteiger partial charge in [0.25, 0.3) is 5.91 Å². The molecule has 1 atom stereocenters. The molecule has 1 unspecified atom stereocenters. The van der Waals surface area contributed by atoms with Gasteiger partial charge in [-0.2, -0.15) is 0 Å². The standard InChI is InChI=1S/C16H18ClN3O/c1-12-5-7-13(8-6-12)10-20(2)11-15(21)19-14-4-3-9-18-16(14)17/h3-9H,10-11H2,1-2H3,(H,19,21)/p+1. The highest BCUT2D eigenvalue weighted by Gasteiger charge is 2.12. The van der Waals surface area contributed by atoms with Crippen LogP contribution in [0, 0.1) is 6.92 Å². The van der Waals surface area contributed by atoms with Gasteiger partial charge in [0.15, 0.2) is 11.7 Å². The van der Waals surface area contributed by atoms with Crippen LogP contribution >= 0.6 is 11.6 Å². The van der Waals surface area contributed by atoms with Gasteiger partial charge in [-0.3, -0.25) is 4.79 Å². The summed E-state index contributed by atoms with van der Waals surface area (Å²) >= 11 is 5.92. The van der Waals surface area contributed by atoms with Crippen molar-refractivity contribution < 1.29 is 9.69 Å². The minimum Gasteiger partial charge on any atom is -0.326 e. The fourth-order valence-electron chi connectivity index (χ4n) is 2.06. The summed E-state index contributed by atoms with van der Waals surface area (Å²) in [5.74, 6) is -0.0745. The van der Waals surface area contributed by atoms with Crippen molar-refractivity contribution in [3.63, 3.8) is 0 Å². The molecule has 2 aromatic rings. The number of likely N-dealkylation sites (N-methyl/N-ethyl adjacent to an activating group) is 1. The van der Waals surface area contributed by atoms with Crippen LogP contribution in [0.15, 0.2) is 42.6 Å². The van der Waals surface area contributed by atoms with Crippen molar-refractivity contribution in [2.45, 2.75) is 13.5 Å². The maximum atomic E-state index is 12.0. The van der Waals surface area contributed by atoms with Crippen LogP contribution in [0.4, 0.5) is 5.69 Å². The number of amides is 1. The summed E-state index contributed by atoms with van der Waals surface area (Å²) in [6, 6.07) is 11.8. The van der Waals surface area contributed by atoms with Gasteiger partial charge in [0.2, 0.25) is 0 Å². The first kappa shape index (κ1) is 15.5. The summed E-state index contributed by atoms with van der Waals surface area (Å²) in [6.07, 6.45) is 1.59. The molecular formula is C16H19ClN3O+. The predicted molar refractivity (Wildman–Crippen MR) is 84.5 cm³/mol. The number of carbonyl (C=O) groups excluding carboxylic acids is 1. The maximum Gasteiger partial charge on any atom is 0.279 e. The lowest BCUT2D eigenvalue weighted by atomic mass is 10.1. The van der Waals surface area contributed by atoms with Crippen molar-refractivity contribution >= 4 is 23.2 Å². The third kappa shape index (κ3) is 4.85. The highest BCUT2D eigenvalue weighted by atomic mass is 35.5. The van der Waals surface area contributed by atoms with Gasteiger partial charge in [-0.25, -0.2) is 4.98 Å². The average Bonchev–Trinajstić information content (AvgIpc) is 2.44. The number of aromatic nitrogens is 1. The minimum atomic E-state index is -0.0745. The molecule has 0 aliphatic heterocycles. The zero-order valence-corrected chi connectivity index (χ0v) is 12.9. The van der Waals surface area contributed by atoms with Crippen LogP contribution in [0.5, 0.6) is 0 Å². The van der Waals surface area contributed by atoms with E-state index in [1.807, 2.05) is 7.05 Å². The van der Waals surface area contributed by atoms with E-state index in [9.17, 15) is 4.79 Å². The van der Waals surface area contributed by atoms with Crippen LogP contribution < -0.4 is 10.2 Å². The first-order valence-corrected chi connectivity index (χ1v) is 7.19. The number of benzene rings is 1. The number of aryl methyl sites for hydroxylation is 1. The Labute approximate surface area is 129 Å². The fourth-order valence-corrected chi connectivity index (χ4v) is 2.23. The Balaban J connectivity index is 1.87. The SMILES string of the molecule is Cc1ccc(C[NH+](C)CC(=O)Nc2cccnc2Cl)cc1. The van der Waals surface area contributed by atoms with Crippen molar-refractivity contribution in [2.75, 3.05) is 18.9 Å². The molecule has 1 heterocycles. The number of nitrogens with one attached hydrogen (secondary N) is 2. The quantitative estimate of drug-likeness (QED) is 0.826. The summed E-state index contributed by atoms with van der Waals surface area (Å²) in [4.78, 5) is 17.0. The van der Waals surface area contributed by atoms with E-state index in [1.165, 1.54) is 11.1 Å². The van der Waals surface area contributed by atoms with Crippen molar-refractivity contribution in [2.24, 2.45) is 0 Å². The Kier molecular flexibility index (Phi) is 5.31. The molecule has 0 spiro atoms. The number of rotatable bonds is 5. The number of halogens is 1. The molecule has 1 aromatic heterocycles. The second kappa shape index (κ2) is 7.20. The van der Waals surface area contributed by atoms with E-state index < -0.39 is 0 Å². The molecule has 0 aliphatic rings. The molecule has 0 aliphatic carbocycles. The monoisotopic (exact) mass is 304 g/mol. The van der Waals surface area contributed by atoms with E-state index in [-0.39, 0.29) is 5.91 Å². The molecule has 0 radical (unpaired) electrons. The number of nitrogens with zero attached hydrogens (tertiary/aromatic N) is 1. The van der Waals surface area contributed by atoms with Gasteiger partial charge in [-0.05, 0) is 19.1 Å². The van der Waals surface area contributed by atoms with Gasteiger partial charge < -0.3 is 10.2 Å². The average molecular weight is 305 g/mol. The summed E-state index contributed by atoms with van der Waals surface area (Å²) in [5, 5.41) is 3.09. The van der Waals surface area contributed by atoms with Gasteiger partial charge in [0.05, 0.1) is 12.7 Å². The van der Waals surface area contributed by atoms with Crippen molar-refractivity contribution in [3.8, 4) is 0 Å². The molecule has 21 heavy (non-hydrogen) atoms. The Morgan fingerprint density at radius 1 is 1.29 bits per heavy atom. The topological polar surface area (TPSA) is 46.4 Å². The Morgan fingerprint density at radius 3 is 2.67 bits per heavy atom. The van der Waals surface area contributed by atoms with E-state index in [0.29, 0.717) is 17.4 Å². The Morgan fingerprint density at radius 2 is 2.00 bits per heavy atom. The van der Waals surface area contributed by atoms with Gasteiger partial charge in [-0.15, -0.1) is 0 Å². The van der Waals surface area contributed by atoms with Crippen LogP contribution in [0.25, 0.3) is 0 Å². The third-order valence-electron chi connectivity index (χ3n) is 3.12. The number of hydrogen-bond acceptors (Lipinski definition) is 2. The summed E-state index contributed by atoms with van der Waals surface area (Å²) in [5.41, 5.74) is 3.00. The third-order valence-corrected chi connectivity index (χ3v) is 3.42. The molecule has 0 bridgehead atoms. The summed E-state index contributed by atoms with van der Waals surface area (Å²) < 4.78 is 0. The maximum absolute atomic E-state index is 12.0. The molecule has 2 N–H and O–H groups in total. The number of hydrogen-bond donors (Lipinski definition) is 2. The molecule has 0 fully saturated rings. The van der Waals surface area contributed by atoms with Crippen molar-refractivity contribution in [3.05, 3.63) is 58.9 Å². The minimum absolute atomic E-state index is 0.0745. The van der Waals surface area contributed by atoms with Crippen LogP contribution in [0.1, 0.15) is 11.1 Å². The number of carbonyl (C=O) groups is 1. The lowest BCUT2D eigenvalue weighted by Gasteiger charge is -2.14. The van der Waals surface area contributed by atoms with E-state index in [4.69, 9.17) is 11.6 Å². The smallest absolute Gasteiger partial charge is 0.279 e. The second-order valence-corrected chi connectivity index (χ2v) is 5.54. The molecule has 110 valence electrons. The molecule has 0 saturated carbocycles. The van der Waals surface area contributed by atoms with Crippen LogP contribution in [-0.2, 0) is 11.3 Å². The molecule has 4 nitrogen and oxygen atoms in total. The van der Waals surface area contributed by atoms with Gasteiger partial charge >= 0.3 is 0 Å². The fraction of sp³-hybridized carbons (Fsp3) is 0.250. The molecule has 1 aromatic carbocycles. The van der Waals surface area contributed by atoms with Crippen LogP contribution in [0.3, 0.4) is 0 Å². The van der Waals surface area contributed by atoms with E-state index >= 15 is 0 Å². The van der Waals surface area contributed by atoms with Crippen molar-refractivity contribution in [1.29, 1.82) is 0 Å². The number of quaternary nitrogens is 1. The van der Waals surface area contributed by atoms with Crippen LogP contribution in [0.2, 0.25) is 5.15 Å². The second-order valence-electron chi connectivity index (χ2n) is 5.19. The Bertz CT molecular complexity index is 613. The highest BCUT2D eigenvalue weighted by Crippen LogP contribution is 2.16. The van der Waals surface area contributed by atoms with Gasteiger partial charge in [-0.1, -0.05) is 41.4 Å². The van der Waals surface area contributed by atoms with Gasteiger partial charge in [0, 0.05) is 11.8 Å². The Hall–Kier alpha value is -1.91. The van der Waals surface area contributed by atoms with Crippen molar-refractivity contribution in [1.82, 2.24) is 4.98 Å². The first-order chi connectivity index (χ1) is 10.0. The lowest BCUT2D eigenvalue weighted by Crippen LogP contribution is -3.08. The van der Waals surface area contributed by atoms with E-state index in [0.717, 1.165) is 11.4 Å². The normalized spacial score (nSPS) is 12.0. The largest absolute Gasteiger partial charge is 0.326 e. The summed E-state index contributed by atoms with van der Waals surface area (Å²) in [6.45, 7) is 3.24. The lowest BCUT2D eigenvalue weighted by molar-refractivity contribution is -0.885. The first-order valence-electron chi connectivity index (χ1n) is 6.82. The molecular weight excluding hydrogens is 286 g/mol. The number of pyridine rings is 1. The molecule has 5 heteroatoms. The molecule has 0 saturated heterocycles. The zero-order chi connectivity index (χ0) is 15.2. The van der Waals surface area contributed by atoms with Gasteiger partial charge in [0.1, 0.15) is 6.54 Å². The molecule has 1 amide bonds. The number of anilines is 1. The predicted octanol–water partition coefficient (Wildman–Crippen LogP) is 1.70. The van der Waals surface area contributed by atoms with Crippen LogP contribution in [-0.4, -0.2) is 24.5 Å². The van der Waals surface area contributed by atoms with E-state index in [2.05, 4.69) is 41.5 Å².